The number of piperidine rings is 1. The maximum Gasteiger partial charge on any atom is 0.226 e. The molecule has 2 aromatic carbocycles. The molecular weight excluding hydrogens is 536 g/mol. The molecule has 1 unspecified atom stereocenters. The molecule has 0 aliphatic carbocycles. The van der Waals surface area contributed by atoms with Gasteiger partial charge in [-0.15, -0.1) is 10.2 Å². The van der Waals surface area contributed by atoms with Crippen molar-refractivity contribution >= 4 is 39.3 Å². The lowest BCUT2D eigenvalue weighted by Gasteiger charge is -2.35. The van der Waals surface area contributed by atoms with Gasteiger partial charge in [0.1, 0.15) is 16.7 Å². The molecular formula is C31H44N6O3S. The smallest absolute Gasteiger partial charge is 0.226 e. The van der Waals surface area contributed by atoms with Crippen LogP contribution in [0.15, 0.2) is 41.3 Å². The van der Waals surface area contributed by atoms with Crippen molar-refractivity contribution in [2.45, 2.75) is 51.9 Å². The summed E-state index contributed by atoms with van der Waals surface area (Å²) in [5.74, 6) is 2.58. The number of ether oxygens (including phenoxy) is 1. The van der Waals surface area contributed by atoms with Crippen LogP contribution in [-0.2, 0) is 15.8 Å². The maximum absolute atomic E-state index is 13.3. The molecule has 1 aliphatic heterocycles. The van der Waals surface area contributed by atoms with E-state index >= 15 is 0 Å². The second kappa shape index (κ2) is 14.2. The Morgan fingerprint density at radius 3 is 2.32 bits per heavy atom. The van der Waals surface area contributed by atoms with Gasteiger partial charge in [-0.1, -0.05) is 38.1 Å². The zero-order chi connectivity index (χ0) is 29.5. The lowest BCUT2D eigenvalue weighted by atomic mass is 9.96. The second-order valence-electron chi connectivity index (χ2n) is 10.8. The Hall–Kier alpha value is -3.08. The van der Waals surface area contributed by atoms with Crippen LogP contribution >= 0.6 is 0 Å². The maximum atomic E-state index is 13.3. The van der Waals surface area contributed by atoms with E-state index < -0.39 is 11.0 Å². The molecule has 1 fully saturated rings. The van der Waals surface area contributed by atoms with Crippen LogP contribution in [0.3, 0.4) is 0 Å². The third-order valence-electron chi connectivity index (χ3n) is 8.03. The number of aryl methyl sites for hydroxylation is 2. The summed E-state index contributed by atoms with van der Waals surface area (Å²) in [4.78, 5) is 18.5. The molecule has 0 saturated carbocycles. The number of hydrogen-bond acceptors (Lipinski definition) is 7. The number of fused-ring (bicyclic) bond motifs is 1. The van der Waals surface area contributed by atoms with Gasteiger partial charge in [-0.3, -0.25) is 4.79 Å². The Morgan fingerprint density at radius 1 is 1.07 bits per heavy atom. The molecule has 0 spiro atoms. The van der Waals surface area contributed by atoms with Gasteiger partial charge in [0, 0.05) is 50.4 Å². The summed E-state index contributed by atoms with van der Waals surface area (Å²) in [5.41, 5.74) is 1.79. The Morgan fingerprint density at radius 2 is 1.71 bits per heavy atom. The van der Waals surface area contributed by atoms with Gasteiger partial charge >= 0.3 is 0 Å². The molecule has 2 heterocycles. The number of nitrogens with one attached hydrogen (secondary N) is 1. The van der Waals surface area contributed by atoms with E-state index in [-0.39, 0.29) is 12.3 Å². The third-order valence-corrected chi connectivity index (χ3v) is 9.77. The lowest BCUT2D eigenvalue weighted by molar-refractivity contribution is -0.116. The first kappa shape index (κ1) is 30.9. The van der Waals surface area contributed by atoms with Gasteiger partial charge in [0.05, 0.1) is 12.0 Å². The van der Waals surface area contributed by atoms with Crippen molar-refractivity contribution in [2.75, 3.05) is 63.6 Å². The number of benzene rings is 2. The minimum Gasteiger partial charge on any atom is -0.497 e. The SMILES string of the molecule is CCN(CC)CC1CCN(c2nnc(NC(=O)CCN(C)S(=O)c3c(C)cc(OC)cc3C)c3ccccc23)CC1. The van der Waals surface area contributed by atoms with E-state index in [1.165, 1.54) is 0 Å². The highest BCUT2D eigenvalue weighted by molar-refractivity contribution is 7.82. The van der Waals surface area contributed by atoms with Crippen LogP contribution in [0, 0.1) is 19.8 Å². The molecule has 9 nitrogen and oxygen atoms in total. The molecule has 1 aliphatic rings. The Balaban J connectivity index is 1.39. The Labute approximate surface area is 246 Å². The summed E-state index contributed by atoms with van der Waals surface area (Å²) >= 11 is 0. The van der Waals surface area contributed by atoms with Crippen LogP contribution in [0.25, 0.3) is 10.8 Å². The van der Waals surface area contributed by atoms with Crippen molar-refractivity contribution in [1.82, 2.24) is 19.4 Å². The van der Waals surface area contributed by atoms with E-state index in [0.29, 0.717) is 18.3 Å². The number of amides is 1. The van der Waals surface area contributed by atoms with Gasteiger partial charge in [-0.05, 0) is 69.0 Å². The number of rotatable bonds is 12. The Bertz CT molecular complexity index is 1350. The van der Waals surface area contributed by atoms with E-state index in [1.807, 2.05) is 50.2 Å². The highest BCUT2D eigenvalue weighted by atomic mass is 32.2. The van der Waals surface area contributed by atoms with Gasteiger partial charge in [-0.2, -0.15) is 0 Å². The molecule has 10 heteroatoms. The molecule has 1 saturated heterocycles. The van der Waals surface area contributed by atoms with E-state index in [2.05, 4.69) is 39.2 Å². The highest BCUT2D eigenvalue weighted by Gasteiger charge is 2.24. The number of anilines is 2. The van der Waals surface area contributed by atoms with Gasteiger partial charge in [0.25, 0.3) is 0 Å². The minimum absolute atomic E-state index is 0.175. The minimum atomic E-state index is -1.40. The first-order valence-corrected chi connectivity index (χ1v) is 15.7. The van der Waals surface area contributed by atoms with Crippen molar-refractivity contribution in [2.24, 2.45) is 5.92 Å². The highest BCUT2D eigenvalue weighted by Crippen LogP contribution is 2.31. The Kier molecular flexibility index (Phi) is 10.7. The molecule has 0 radical (unpaired) electrons. The molecule has 1 atom stereocenters. The normalized spacial score (nSPS) is 15.1. The molecule has 222 valence electrons. The number of hydrogen-bond donors (Lipinski definition) is 1. The first-order chi connectivity index (χ1) is 19.7. The van der Waals surface area contributed by atoms with Crippen molar-refractivity contribution in [1.29, 1.82) is 0 Å². The zero-order valence-corrected chi connectivity index (χ0v) is 26.1. The summed E-state index contributed by atoms with van der Waals surface area (Å²) in [6, 6.07) is 11.7. The number of methoxy groups -OCH3 is 1. The van der Waals surface area contributed by atoms with Crippen LogP contribution < -0.4 is 15.0 Å². The molecule has 4 rings (SSSR count). The number of carbonyl (C=O) groups is 1. The van der Waals surface area contributed by atoms with Crippen LogP contribution in [-0.4, -0.2) is 82.9 Å². The fourth-order valence-corrected chi connectivity index (χ4v) is 6.82. The van der Waals surface area contributed by atoms with Gasteiger partial charge in [0.15, 0.2) is 11.6 Å². The lowest BCUT2D eigenvalue weighted by Crippen LogP contribution is -2.39. The largest absolute Gasteiger partial charge is 0.497 e. The molecule has 1 N–H and O–H groups in total. The summed E-state index contributed by atoms with van der Waals surface area (Å²) in [6.45, 7) is 13.9. The van der Waals surface area contributed by atoms with Crippen molar-refractivity contribution in [3.8, 4) is 5.75 Å². The van der Waals surface area contributed by atoms with E-state index in [1.54, 1.807) is 18.5 Å². The van der Waals surface area contributed by atoms with Crippen LogP contribution in [0.2, 0.25) is 0 Å². The van der Waals surface area contributed by atoms with E-state index in [0.717, 1.165) is 83.9 Å². The summed E-state index contributed by atoms with van der Waals surface area (Å²) in [6.07, 6.45) is 2.44. The quantitative estimate of drug-likeness (QED) is 0.329. The third kappa shape index (κ3) is 7.42. The monoisotopic (exact) mass is 580 g/mol. The van der Waals surface area contributed by atoms with Gasteiger partial charge in [0.2, 0.25) is 5.91 Å². The standard InChI is InChI=1S/C31H44N6O3S/c1-7-36(8-2)21-24-13-17-37(18-14-24)31-27-12-10-9-11-26(27)30(33-34-31)32-28(38)15-16-35(5)41(39)29-22(3)19-25(40-6)20-23(29)4/h9-12,19-20,24H,7-8,13-18,21H2,1-6H3,(H,32,33,38). The first-order valence-electron chi connectivity index (χ1n) is 14.6. The van der Waals surface area contributed by atoms with Gasteiger partial charge in [-0.25, -0.2) is 8.51 Å². The fraction of sp³-hybridized carbons (Fsp3) is 0.516. The molecule has 41 heavy (non-hydrogen) atoms. The van der Waals surface area contributed by atoms with Crippen LogP contribution in [0.5, 0.6) is 5.75 Å². The zero-order valence-electron chi connectivity index (χ0n) is 25.3. The molecule has 1 aromatic heterocycles. The van der Waals surface area contributed by atoms with Crippen LogP contribution in [0.4, 0.5) is 11.6 Å². The summed E-state index contributed by atoms with van der Waals surface area (Å²) in [7, 11) is 1.99. The fourth-order valence-electron chi connectivity index (χ4n) is 5.59. The number of carbonyl (C=O) groups excluding carboxylic acids is 1. The second-order valence-corrected chi connectivity index (χ2v) is 12.4. The predicted octanol–water partition coefficient (Wildman–Crippen LogP) is 4.80. The van der Waals surface area contributed by atoms with Gasteiger partial charge < -0.3 is 19.9 Å². The van der Waals surface area contributed by atoms with E-state index in [4.69, 9.17) is 4.74 Å². The molecule has 1 amide bonds. The van der Waals surface area contributed by atoms with Crippen molar-refractivity contribution < 1.29 is 13.7 Å². The van der Waals surface area contributed by atoms with Crippen molar-refractivity contribution in [3.63, 3.8) is 0 Å². The summed E-state index contributed by atoms with van der Waals surface area (Å²) in [5, 5.41) is 13.8. The molecule has 0 bridgehead atoms. The average Bonchev–Trinajstić information content (AvgIpc) is 2.98. The summed E-state index contributed by atoms with van der Waals surface area (Å²) < 4.78 is 20.3. The topological polar surface area (TPSA) is 90.9 Å². The van der Waals surface area contributed by atoms with Crippen LogP contribution in [0.1, 0.15) is 44.2 Å². The average molecular weight is 581 g/mol. The predicted molar refractivity (Wildman–Crippen MR) is 167 cm³/mol. The molecule has 3 aromatic rings. The van der Waals surface area contributed by atoms with Crippen molar-refractivity contribution in [3.05, 3.63) is 47.5 Å². The number of nitrogens with zero attached hydrogens (tertiary/aromatic N) is 5. The number of aromatic nitrogens is 2. The van der Waals surface area contributed by atoms with E-state index in [9.17, 15) is 9.00 Å².